The van der Waals surface area contributed by atoms with Crippen molar-refractivity contribution < 1.29 is 0 Å². The minimum Gasteiger partial charge on any atom is -0.0803 e. The second-order valence-electron chi connectivity index (χ2n) is 6.76. The van der Waals surface area contributed by atoms with E-state index >= 15 is 0 Å². The molecule has 0 aliphatic heterocycles. The van der Waals surface area contributed by atoms with E-state index < -0.39 is 0 Å². The molecular formula is C23H24. The summed E-state index contributed by atoms with van der Waals surface area (Å²) in [6.45, 7) is 4.44. The van der Waals surface area contributed by atoms with Crippen molar-refractivity contribution >= 4 is 11.1 Å². The summed E-state index contributed by atoms with van der Waals surface area (Å²) in [5.74, 6) is 1.21. The predicted octanol–water partition coefficient (Wildman–Crippen LogP) is 5.93. The van der Waals surface area contributed by atoms with Crippen molar-refractivity contribution in [1.29, 1.82) is 0 Å². The third-order valence-corrected chi connectivity index (χ3v) is 5.46. The van der Waals surface area contributed by atoms with E-state index in [1.54, 1.807) is 11.1 Å². The molecule has 0 fully saturated rings. The lowest BCUT2D eigenvalue weighted by atomic mass is 9.86. The number of hydrogen-bond donors (Lipinski definition) is 0. The van der Waals surface area contributed by atoms with Crippen molar-refractivity contribution in [3.63, 3.8) is 0 Å². The molecule has 0 spiro atoms. The standard InChI is InChI=1S/C23H24/c1-3-16-5-9-18(10-6-16)22-20-13-14-21(15-20)23(22)19-11-7-17(4-2)8-12-19/h5-14,20-21H,3-4,15H2,1-2H3. The molecule has 0 nitrogen and oxygen atoms in total. The van der Waals surface area contributed by atoms with E-state index in [0.717, 1.165) is 12.8 Å². The summed E-state index contributed by atoms with van der Waals surface area (Å²) in [5, 5.41) is 0. The van der Waals surface area contributed by atoms with Crippen LogP contribution in [0.5, 0.6) is 0 Å². The van der Waals surface area contributed by atoms with Crippen molar-refractivity contribution in [2.24, 2.45) is 11.8 Å². The van der Waals surface area contributed by atoms with Gasteiger partial charge in [0.2, 0.25) is 0 Å². The van der Waals surface area contributed by atoms with Crippen molar-refractivity contribution in [1.82, 2.24) is 0 Å². The maximum Gasteiger partial charge on any atom is 0.00361 e. The van der Waals surface area contributed by atoms with Gasteiger partial charge in [0.15, 0.2) is 0 Å². The van der Waals surface area contributed by atoms with Crippen LogP contribution in [0.3, 0.4) is 0 Å². The molecule has 0 radical (unpaired) electrons. The van der Waals surface area contributed by atoms with Crippen LogP contribution in [0.2, 0.25) is 0 Å². The van der Waals surface area contributed by atoms with Gasteiger partial charge < -0.3 is 0 Å². The van der Waals surface area contributed by atoms with E-state index in [0.29, 0.717) is 11.8 Å². The second-order valence-corrected chi connectivity index (χ2v) is 6.76. The quantitative estimate of drug-likeness (QED) is 0.614. The highest BCUT2D eigenvalue weighted by atomic mass is 14.4. The Bertz CT molecular complexity index is 691. The molecular weight excluding hydrogens is 276 g/mol. The third-order valence-electron chi connectivity index (χ3n) is 5.46. The molecule has 0 N–H and O–H groups in total. The fraction of sp³-hybridized carbons (Fsp3) is 0.304. The lowest BCUT2D eigenvalue weighted by Crippen LogP contribution is -1.99. The molecule has 2 aromatic carbocycles. The number of allylic oxidation sites excluding steroid dienone is 4. The van der Waals surface area contributed by atoms with Crippen LogP contribution in [0.1, 0.15) is 42.5 Å². The molecule has 2 atom stereocenters. The second kappa shape index (κ2) is 5.85. The molecule has 2 aliphatic carbocycles. The largest absolute Gasteiger partial charge is 0.0803 e. The van der Waals surface area contributed by atoms with Gasteiger partial charge in [-0.2, -0.15) is 0 Å². The monoisotopic (exact) mass is 300 g/mol. The number of hydrogen-bond acceptors (Lipinski definition) is 0. The van der Waals surface area contributed by atoms with Gasteiger partial charge >= 0.3 is 0 Å². The molecule has 0 saturated carbocycles. The van der Waals surface area contributed by atoms with Crippen LogP contribution >= 0.6 is 0 Å². The number of rotatable bonds is 4. The fourth-order valence-corrected chi connectivity index (χ4v) is 4.11. The Hall–Kier alpha value is -2.08. The van der Waals surface area contributed by atoms with E-state index in [4.69, 9.17) is 0 Å². The van der Waals surface area contributed by atoms with Gasteiger partial charge in [0, 0.05) is 11.8 Å². The van der Waals surface area contributed by atoms with Crippen LogP contribution in [0.15, 0.2) is 60.7 Å². The third kappa shape index (κ3) is 2.47. The van der Waals surface area contributed by atoms with Crippen LogP contribution in [0, 0.1) is 11.8 Å². The zero-order valence-electron chi connectivity index (χ0n) is 14.0. The smallest absolute Gasteiger partial charge is 0.00361 e. The topological polar surface area (TPSA) is 0 Å². The zero-order valence-corrected chi connectivity index (χ0v) is 14.0. The van der Waals surface area contributed by atoms with E-state index in [9.17, 15) is 0 Å². The molecule has 116 valence electrons. The Morgan fingerprint density at radius 2 is 1.04 bits per heavy atom. The summed E-state index contributed by atoms with van der Waals surface area (Å²) in [5.41, 5.74) is 8.78. The molecule has 0 amide bonds. The molecule has 0 heterocycles. The molecule has 0 aromatic heterocycles. The summed E-state index contributed by atoms with van der Waals surface area (Å²) >= 11 is 0. The maximum absolute atomic E-state index is 2.41. The average molecular weight is 300 g/mol. The van der Waals surface area contributed by atoms with Gasteiger partial charge in [-0.3, -0.25) is 0 Å². The number of aryl methyl sites for hydroxylation is 2. The van der Waals surface area contributed by atoms with Crippen LogP contribution < -0.4 is 0 Å². The van der Waals surface area contributed by atoms with Crippen molar-refractivity contribution in [3.8, 4) is 0 Å². The summed E-state index contributed by atoms with van der Waals surface area (Å²) in [6.07, 6.45) is 8.30. The van der Waals surface area contributed by atoms with Gasteiger partial charge in [-0.25, -0.2) is 0 Å². The minimum atomic E-state index is 0.605. The Kier molecular flexibility index (Phi) is 3.69. The molecule has 4 rings (SSSR count). The number of benzene rings is 2. The summed E-state index contributed by atoms with van der Waals surface area (Å²) < 4.78 is 0. The predicted molar refractivity (Wildman–Crippen MR) is 99.2 cm³/mol. The Balaban J connectivity index is 1.80. The maximum atomic E-state index is 2.41. The van der Waals surface area contributed by atoms with Gasteiger partial charge in [-0.15, -0.1) is 0 Å². The highest BCUT2D eigenvalue weighted by molar-refractivity contribution is 5.97. The molecule has 0 saturated heterocycles. The van der Waals surface area contributed by atoms with Crippen LogP contribution in [0.4, 0.5) is 0 Å². The number of fused-ring (bicyclic) bond motifs is 2. The van der Waals surface area contributed by atoms with Crippen LogP contribution in [-0.2, 0) is 12.8 Å². The molecule has 2 unspecified atom stereocenters. The molecule has 0 heteroatoms. The Morgan fingerprint density at radius 1 is 0.652 bits per heavy atom. The van der Waals surface area contributed by atoms with Crippen molar-refractivity contribution in [3.05, 3.63) is 82.9 Å². The lowest BCUT2D eigenvalue weighted by Gasteiger charge is -2.18. The summed E-state index contributed by atoms with van der Waals surface area (Å²) in [4.78, 5) is 0. The first-order chi connectivity index (χ1) is 11.3. The van der Waals surface area contributed by atoms with Gasteiger partial charge in [0.1, 0.15) is 0 Å². The van der Waals surface area contributed by atoms with Crippen LogP contribution in [-0.4, -0.2) is 0 Å². The van der Waals surface area contributed by atoms with Gasteiger partial charge in [0.05, 0.1) is 0 Å². The first kappa shape index (κ1) is 14.5. The van der Waals surface area contributed by atoms with Crippen molar-refractivity contribution in [2.45, 2.75) is 33.1 Å². The normalized spacial score (nSPS) is 22.2. The molecule has 23 heavy (non-hydrogen) atoms. The summed E-state index contributed by atoms with van der Waals surface area (Å²) in [6, 6.07) is 18.4. The highest BCUT2D eigenvalue weighted by Crippen LogP contribution is 2.52. The average Bonchev–Trinajstić information content (AvgIpc) is 3.23. The van der Waals surface area contributed by atoms with Crippen LogP contribution in [0.25, 0.3) is 11.1 Å². The molecule has 2 aliphatic rings. The SMILES string of the molecule is CCc1ccc(C2=C(c3ccc(CC)cc3)C3C=CC2C3)cc1. The molecule has 2 aromatic rings. The molecule has 2 bridgehead atoms. The lowest BCUT2D eigenvalue weighted by molar-refractivity contribution is 0.746. The highest BCUT2D eigenvalue weighted by Gasteiger charge is 2.36. The van der Waals surface area contributed by atoms with Gasteiger partial charge in [-0.1, -0.05) is 74.5 Å². The van der Waals surface area contributed by atoms with E-state index in [1.807, 2.05) is 0 Å². The van der Waals surface area contributed by atoms with E-state index in [2.05, 4.69) is 74.5 Å². The van der Waals surface area contributed by atoms with Gasteiger partial charge in [0.25, 0.3) is 0 Å². The Labute approximate surface area is 139 Å². The van der Waals surface area contributed by atoms with E-state index in [1.165, 1.54) is 28.7 Å². The zero-order chi connectivity index (χ0) is 15.8. The first-order valence-corrected chi connectivity index (χ1v) is 8.91. The fourth-order valence-electron chi connectivity index (χ4n) is 4.11. The summed E-state index contributed by atoms with van der Waals surface area (Å²) in [7, 11) is 0. The minimum absolute atomic E-state index is 0.605. The van der Waals surface area contributed by atoms with E-state index in [-0.39, 0.29) is 0 Å². The first-order valence-electron chi connectivity index (χ1n) is 8.91. The van der Waals surface area contributed by atoms with Crippen molar-refractivity contribution in [2.75, 3.05) is 0 Å². The Morgan fingerprint density at radius 3 is 1.39 bits per heavy atom. The van der Waals surface area contributed by atoms with Gasteiger partial charge in [-0.05, 0) is 52.7 Å².